The number of amides is 2. The number of aromatic nitrogens is 4. The van der Waals surface area contributed by atoms with E-state index in [4.69, 9.17) is 4.74 Å². The number of carbonyl (C=O) groups excluding carboxylic acids is 2. The minimum atomic E-state index is -0.237. The molecular weight excluding hydrogens is 528 g/mol. The average molecular weight is 557 g/mol. The monoisotopic (exact) mass is 556 g/mol. The third-order valence-electron chi connectivity index (χ3n) is 7.78. The molecule has 7 rings (SSSR count). The van der Waals surface area contributed by atoms with E-state index in [9.17, 15) is 9.59 Å². The molecule has 1 saturated heterocycles. The lowest BCUT2D eigenvalue weighted by Gasteiger charge is -2.26. The van der Waals surface area contributed by atoms with Gasteiger partial charge in [-0.15, -0.1) is 0 Å². The van der Waals surface area contributed by atoms with Gasteiger partial charge in [0, 0.05) is 53.4 Å². The molecule has 0 saturated carbocycles. The zero-order valence-electron chi connectivity index (χ0n) is 23.0. The Morgan fingerprint density at radius 2 is 1.64 bits per heavy atom. The molecule has 1 aliphatic rings. The van der Waals surface area contributed by atoms with E-state index < -0.39 is 0 Å². The van der Waals surface area contributed by atoms with Gasteiger partial charge in [0.15, 0.2) is 0 Å². The molecule has 0 bridgehead atoms. The molecule has 9 heteroatoms. The van der Waals surface area contributed by atoms with Crippen molar-refractivity contribution in [2.45, 2.75) is 6.92 Å². The lowest BCUT2D eigenvalue weighted by Crippen LogP contribution is -2.40. The molecule has 1 aliphatic heterocycles. The summed E-state index contributed by atoms with van der Waals surface area (Å²) in [5.74, 6) is 0.0159. The third-order valence-corrected chi connectivity index (χ3v) is 7.78. The van der Waals surface area contributed by atoms with Crippen LogP contribution in [0.4, 0.5) is 10.5 Å². The standard InChI is InChI=1S/C33H28N6O3/c1-21-26(7-4-8-28(21)37-33(41)39-18-24-5-2-3-6-25(24)19-39)30-27-17-29(36-31(27)35-20-34-30)22-9-11-23(12-10-22)32(40)38-13-15-42-16-14-38/h2-12,17-20H,13-16H2,1H3,(H,37,41)(H,34,35,36). The van der Waals surface area contributed by atoms with Crippen LogP contribution in [0.1, 0.15) is 15.9 Å². The Morgan fingerprint density at radius 1 is 0.905 bits per heavy atom. The molecular formula is C33H28N6O3. The summed E-state index contributed by atoms with van der Waals surface area (Å²) < 4.78 is 6.93. The number of ether oxygens (including phenoxy) is 1. The minimum absolute atomic E-state index is 0.0159. The number of carbonyl (C=O) groups is 2. The van der Waals surface area contributed by atoms with E-state index in [1.54, 1.807) is 4.57 Å². The number of hydrogen-bond acceptors (Lipinski definition) is 5. The van der Waals surface area contributed by atoms with Crippen molar-refractivity contribution in [2.24, 2.45) is 0 Å². The van der Waals surface area contributed by atoms with Crippen LogP contribution in [0, 0.1) is 6.92 Å². The molecule has 0 spiro atoms. The van der Waals surface area contributed by atoms with Crippen molar-refractivity contribution in [3.63, 3.8) is 0 Å². The van der Waals surface area contributed by atoms with Crippen LogP contribution in [0.2, 0.25) is 0 Å². The Morgan fingerprint density at radius 3 is 2.38 bits per heavy atom. The predicted molar refractivity (Wildman–Crippen MR) is 163 cm³/mol. The molecule has 6 aromatic rings. The summed E-state index contributed by atoms with van der Waals surface area (Å²) in [6, 6.07) is 23.1. The van der Waals surface area contributed by atoms with Crippen molar-refractivity contribution in [3.05, 3.63) is 103 Å². The van der Waals surface area contributed by atoms with E-state index in [1.165, 1.54) is 6.33 Å². The van der Waals surface area contributed by atoms with Crippen molar-refractivity contribution in [1.29, 1.82) is 0 Å². The van der Waals surface area contributed by atoms with E-state index in [-0.39, 0.29) is 11.9 Å². The van der Waals surface area contributed by atoms with Crippen LogP contribution in [-0.4, -0.2) is 62.7 Å². The topological polar surface area (TPSA) is 105 Å². The summed E-state index contributed by atoms with van der Waals surface area (Å²) in [5, 5.41) is 5.92. The highest BCUT2D eigenvalue weighted by Crippen LogP contribution is 2.34. The van der Waals surface area contributed by atoms with Gasteiger partial charge in [0.05, 0.1) is 18.9 Å². The molecule has 2 N–H and O–H groups in total. The van der Waals surface area contributed by atoms with Crippen molar-refractivity contribution in [2.75, 3.05) is 31.6 Å². The van der Waals surface area contributed by atoms with Crippen molar-refractivity contribution < 1.29 is 14.3 Å². The Balaban J connectivity index is 1.17. The van der Waals surface area contributed by atoms with Crippen molar-refractivity contribution >= 4 is 39.4 Å². The molecule has 0 aliphatic carbocycles. The third kappa shape index (κ3) is 4.69. The molecule has 9 nitrogen and oxygen atoms in total. The SMILES string of the molecule is Cc1c(NC(=O)n2cc3ccccc3c2)cccc1-c1ncnc2[nH]c(-c3ccc(C(=O)N4CCOCC4)cc3)cc12. The number of morpholine rings is 1. The summed E-state index contributed by atoms with van der Waals surface area (Å²) >= 11 is 0. The Labute approximate surface area is 241 Å². The summed E-state index contributed by atoms with van der Waals surface area (Å²) in [6.07, 6.45) is 5.19. The lowest BCUT2D eigenvalue weighted by atomic mass is 10.0. The molecule has 208 valence electrons. The van der Waals surface area contributed by atoms with Gasteiger partial charge >= 0.3 is 6.03 Å². The smallest absolute Gasteiger partial charge is 0.330 e. The van der Waals surface area contributed by atoms with Gasteiger partial charge in [-0.1, -0.05) is 48.5 Å². The van der Waals surface area contributed by atoms with Gasteiger partial charge in [-0.3, -0.25) is 9.36 Å². The number of hydrogen-bond donors (Lipinski definition) is 2. The van der Waals surface area contributed by atoms with Crippen LogP contribution >= 0.6 is 0 Å². The first-order valence-corrected chi connectivity index (χ1v) is 13.8. The number of nitrogens with one attached hydrogen (secondary N) is 2. The molecule has 4 heterocycles. The zero-order chi connectivity index (χ0) is 28.6. The van der Waals surface area contributed by atoms with Crippen molar-refractivity contribution in [3.8, 4) is 22.5 Å². The molecule has 0 radical (unpaired) electrons. The highest BCUT2D eigenvalue weighted by Gasteiger charge is 2.19. The quantitative estimate of drug-likeness (QED) is 0.273. The van der Waals surface area contributed by atoms with Gasteiger partial charge < -0.3 is 19.9 Å². The van der Waals surface area contributed by atoms with Gasteiger partial charge in [0.1, 0.15) is 12.0 Å². The normalized spacial score (nSPS) is 13.5. The largest absolute Gasteiger partial charge is 0.378 e. The van der Waals surface area contributed by atoms with Crippen LogP contribution in [0.3, 0.4) is 0 Å². The fourth-order valence-corrected chi connectivity index (χ4v) is 5.46. The first-order chi connectivity index (χ1) is 20.5. The average Bonchev–Trinajstić information content (AvgIpc) is 3.67. The first-order valence-electron chi connectivity index (χ1n) is 13.8. The Hall–Kier alpha value is -5.28. The van der Waals surface area contributed by atoms with Gasteiger partial charge in [-0.2, -0.15) is 0 Å². The maximum atomic E-state index is 13.1. The van der Waals surface area contributed by atoms with E-state index >= 15 is 0 Å². The van der Waals surface area contributed by atoms with Gasteiger partial charge in [-0.25, -0.2) is 14.8 Å². The maximum Gasteiger partial charge on any atom is 0.330 e. The molecule has 0 atom stereocenters. The number of anilines is 1. The van der Waals surface area contributed by atoms with Crippen LogP contribution in [0.5, 0.6) is 0 Å². The fourth-order valence-electron chi connectivity index (χ4n) is 5.46. The summed E-state index contributed by atoms with van der Waals surface area (Å²) in [6.45, 7) is 4.33. The molecule has 1 fully saturated rings. The highest BCUT2D eigenvalue weighted by atomic mass is 16.5. The van der Waals surface area contributed by atoms with Crippen LogP contribution < -0.4 is 5.32 Å². The van der Waals surface area contributed by atoms with Gasteiger partial charge in [-0.05, 0) is 53.1 Å². The predicted octanol–water partition coefficient (Wildman–Crippen LogP) is 6.11. The van der Waals surface area contributed by atoms with Crippen LogP contribution in [0.15, 0.2) is 91.5 Å². The maximum absolute atomic E-state index is 13.1. The fraction of sp³-hybridized carbons (Fsp3) is 0.152. The second kappa shape index (κ2) is 10.6. The minimum Gasteiger partial charge on any atom is -0.378 e. The summed E-state index contributed by atoms with van der Waals surface area (Å²) in [4.78, 5) is 40.3. The molecule has 3 aromatic heterocycles. The van der Waals surface area contributed by atoms with Gasteiger partial charge in [0.2, 0.25) is 0 Å². The second-order valence-corrected chi connectivity index (χ2v) is 10.4. The van der Waals surface area contributed by atoms with E-state index in [1.807, 2.05) is 97.0 Å². The Kier molecular flexibility index (Phi) is 6.48. The number of benzene rings is 3. The van der Waals surface area contributed by atoms with Gasteiger partial charge in [0.25, 0.3) is 5.91 Å². The van der Waals surface area contributed by atoms with E-state index in [2.05, 4.69) is 20.3 Å². The summed E-state index contributed by atoms with van der Waals surface area (Å²) in [7, 11) is 0. The highest BCUT2D eigenvalue weighted by molar-refractivity contribution is 5.99. The van der Waals surface area contributed by atoms with Crippen molar-refractivity contribution in [1.82, 2.24) is 24.4 Å². The second-order valence-electron chi connectivity index (χ2n) is 10.4. The number of aromatic amines is 1. The van der Waals surface area contributed by atoms with E-state index in [0.29, 0.717) is 43.2 Å². The number of H-pyrrole nitrogens is 1. The Bertz CT molecular complexity index is 1920. The summed E-state index contributed by atoms with van der Waals surface area (Å²) in [5.41, 5.74) is 6.44. The number of nitrogens with zero attached hydrogens (tertiary/aromatic N) is 4. The zero-order valence-corrected chi connectivity index (χ0v) is 23.0. The molecule has 3 aromatic carbocycles. The van der Waals surface area contributed by atoms with Crippen LogP contribution in [-0.2, 0) is 4.74 Å². The van der Waals surface area contributed by atoms with E-state index in [0.717, 1.165) is 44.2 Å². The first kappa shape index (κ1) is 25.7. The lowest BCUT2D eigenvalue weighted by molar-refractivity contribution is 0.0303. The molecule has 2 amide bonds. The molecule has 0 unspecified atom stereocenters. The van der Waals surface area contributed by atoms with Crippen LogP contribution in [0.25, 0.3) is 44.3 Å². The number of fused-ring (bicyclic) bond motifs is 2. The number of rotatable bonds is 4. The molecule has 42 heavy (non-hydrogen) atoms.